The predicted octanol–water partition coefficient (Wildman–Crippen LogP) is 11.6. The van der Waals surface area contributed by atoms with Crippen LogP contribution < -0.4 is 5.32 Å². The van der Waals surface area contributed by atoms with E-state index in [1.807, 2.05) is 0 Å². The third-order valence-electron chi connectivity index (χ3n) is 10.1. The van der Waals surface area contributed by atoms with E-state index >= 15 is 0 Å². The Bertz CT molecular complexity index is 864. The number of aliphatic hydroxyl groups excluding tert-OH is 2. The van der Waals surface area contributed by atoms with Crippen LogP contribution >= 0.6 is 0 Å². The molecule has 0 aromatic carbocycles. The van der Waals surface area contributed by atoms with Crippen molar-refractivity contribution < 1.29 is 28.0 Å². The summed E-state index contributed by atoms with van der Waals surface area (Å²) in [6, 6.07) is -1.14. The van der Waals surface area contributed by atoms with Crippen LogP contribution in [0, 0.1) is 0 Å². The van der Waals surface area contributed by atoms with Gasteiger partial charge in [-0.1, -0.05) is 199 Å². The van der Waals surface area contributed by atoms with Gasteiger partial charge in [0.25, 0.3) is 10.1 Å². The first-order valence-corrected chi connectivity index (χ1v) is 23.1. The number of carbonyl (C=O) groups is 1. The van der Waals surface area contributed by atoms with E-state index in [1.165, 1.54) is 141 Å². The van der Waals surface area contributed by atoms with Crippen molar-refractivity contribution >= 4 is 16.0 Å². The maximum atomic E-state index is 12.6. The topological polar surface area (TPSA) is 124 Å². The Hall–Kier alpha value is -0.960. The van der Waals surface area contributed by atoms with Crippen molar-refractivity contribution in [3.8, 4) is 0 Å². The van der Waals surface area contributed by atoms with Crippen LogP contribution in [0.4, 0.5) is 0 Å². The standard InChI is InChI=1S/C42H83NO6S/c1-3-5-7-9-11-13-15-17-18-19-20-21-22-23-24-25-27-29-31-33-35-37-41(45)42(46)43-39(38-50(47,48)49)40(44)36-34-32-30-28-26-16-14-12-10-8-6-4-2/h22-23,39-41,44-45H,3-21,24-38H2,1-2H3,(H,43,46)(H,47,48,49)/b23-22-. The molecule has 3 atom stereocenters. The van der Waals surface area contributed by atoms with Crippen molar-refractivity contribution in [3.05, 3.63) is 12.2 Å². The first-order valence-electron chi connectivity index (χ1n) is 21.5. The summed E-state index contributed by atoms with van der Waals surface area (Å²) in [5.74, 6) is -1.45. The number of carbonyl (C=O) groups excluding carboxylic acids is 1. The molecule has 3 unspecified atom stereocenters. The molecule has 0 bridgehead atoms. The summed E-state index contributed by atoms with van der Waals surface area (Å²) in [4.78, 5) is 12.6. The molecule has 50 heavy (non-hydrogen) atoms. The van der Waals surface area contributed by atoms with E-state index in [-0.39, 0.29) is 0 Å². The van der Waals surface area contributed by atoms with Crippen molar-refractivity contribution in [1.29, 1.82) is 0 Å². The SMILES string of the molecule is CCCCCCCCCCCCC/C=C\CCCCCCCCC(O)C(=O)NC(CS(=O)(=O)O)C(O)CCCCCCCCCCCCCC. The molecule has 0 aromatic heterocycles. The van der Waals surface area contributed by atoms with Gasteiger partial charge in [0.15, 0.2) is 0 Å². The number of hydrogen-bond acceptors (Lipinski definition) is 5. The van der Waals surface area contributed by atoms with Gasteiger partial charge in [0.05, 0.1) is 17.9 Å². The second-order valence-electron chi connectivity index (χ2n) is 15.1. The van der Waals surface area contributed by atoms with Crippen LogP contribution in [0.3, 0.4) is 0 Å². The normalized spacial score (nSPS) is 13.9. The first-order chi connectivity index (χ1) is 24.2. The van der Waals surface area contributed by atoms with Gasteiger partial charge in [0.1, 0.15) is 6.10 Å². The maximum absolute atomic E-state index is 12.6. The largest absolute Gasteiger partial charge is 0.391 e. The summed E-state index contributed by atoms with van der Waals surface area (Å²) in [5.41, 5.74) is 0. The molecule has 298 valence electrons. The highest BCUT2D eigenvalue weighted by Crippen LogP contribution is 2.16. The van der Waals surface area contributed by atoms with E-state index in [4.69, 9.17) is 0 Å². The Labute approximate surface area is 310 Å². The summed E-state index contributed by atoms with van der Waals surface area (Å²) in [6.45, 7) is 4.51. The molecule has 7 nitrogen and oxygen atoms in total. The summed E-state index contributed by atoms with van der Waals surface area (Å²) in [7, 11) is -4.40. The average molecular weight is 730 g/mol. The molecule has 0 rings (SSSR count). The Morgan fingerprint density at radius 2 is 0.840 bits per heavy atom. The van der Waals surface area contributed by atoms with Crippen molar-refractivity contribution in [2.24, 2.45) is 0 Å². The Morgan fingerprint density at radius 1 is 0.520 bits per heavy atom. The highest BCUT2D eigenvalue weighted by atomic mass is 32.2. The zero-order valence-corrected chi connectivity index (χ0v) is 33.7. The lowest BCUT2D eigenvalue weighted by molar-refractivity contribution is -0.131. The molecule has 0 fully saturated rings. The highest BCUT2D eigenvalue weighted by molar-refractivity contribution is 7.85. The summed E-state index contributed by atoms with van der Waals surface area (Å²) < 4.78 is 32.5. The van der Waals surface area contributed by atoms with Crippen LogP contribution in [0.1, 0.15) is 226 Å². The van der Waals surface area contributed by atoms with Crippen LogP contribution in [-0.2, 0) is 14.9 Å². The maximum Gasteiger partial charge on any atom is 0.266 e. The molecule has 0 aromatic rings. The minimum absolute atomic E-state index is 0.293. The van der Waals surface area contributed by atoms with Crippen LogP contribution in [-0.4, -0.2) is 53.1 Å². The molecule has 0 radical (unpaired) electrons. The lowest BCUT2D eigenvalue weighted by Gasteiger charge is -2.24. The first kappa shape index (κ1) is 49.0. The van der Waals surface area contributed by atoms with Gasteiger partial charge in [-0.2, -0.15) is 8.42 Å². The fourth-order valence-electron chi connectivity index (χ4n) is 6.75. The van der Waals surface area contributed by atoms with Crippen LogP contribution in [0.5, 0.6) is 0 Å². The second kappa shape index (κ2) is 36.4. The monoisotopic (exact) mass is 730 g/mol. The summed E-state index contributed by atoms with van der Waals surface area (Å²) in [6.07, 6.45) is 40.9. The molecular weight excluding hydrogens is 647 g/mol. The fraction of sp³-hybridized carbons (Fsp3) is 0.929. The Balaban J connectivity index is 3.91. The lowest BCUT2D eigenvalue weighted by Crippen LogP contribution is -2.50. The number of unbranched alkanes of at least 4 members (excludes halogenated alkanes) is 28. The van der Waals surface area contributed by atoms with Gasteiger partial charge in [0, 0.05) is 0 Å². The number of nitrogens with one attached hydrogen (secondary N) is 1. The van der Waals surface area contributed by atoms with Gasteiger partial charge >= 0.3 is 0 Å². The quantitative estimate of drug-likeness (QED) is 0.0284. The molecule has 0 heterocycles. The van der Waals surface area contributed by atoms with Gasteiger partial charge in [-0.15, -0.1) is 0 Å². The third-order valence-corrected chi connectivity index (χ3v) is 10.9. The summed E-state index contributed by atoms with van der Waals surface area (Å²) in [5, 5.41) is 23.5. The van der Waals surface area contributed by atoms with E-state index in [0.717, 1.165) is 44.9 Å². The van der Waals surface area contributed by atoms with Gasteiger partial charge in [-0.05, 0) is 38.5 Å². The molecule has 8 heteroatoms. The van der Waals surface area contributed by atoms with Gasteiger partial charge in [0.2, 0.25) is 5.91 Å². The molecule has 4 N–H and O–H groups in total. The molecule has 0 spiro atoms. The molecular formula is C42H83NO6S. The van der Waals surface area contributed by atoms with Crippen LogP contribution in [0.2, 0.25) is 0 Å². The average Bonchev–Trinajstić information content (AvgIpc) is 3.08. The Morgan fingerprint density at radius 3 is 1.20 bits per heavy atom. The zero-order chi connectivity index (χ0) is 37.0. The smallest absolute Gasteiger partial charge is 0.266 e. The fourth-order valence-corrected chi connectivity index (χ4v) is 7.51. The van der Waals surface area contributed by atoms with Crippen molar-refractivity contribution in [2.45, 2.75) is 244 Å². The number of aliphatic hydroxyl groups is 2. The number of hydrogen-bond donors (Lipinski definition) is 4. The molecule has 0 saturated heterocycles. The molecule has 0 saturated carbocycles. The molecule has 0 aliphatic heterocycles. The third kappa shape index (κ3) is 35.4. The van der Waals surface area contributed by atoms with E-state index in [0.29, 0.717) is 25.7 Å². The molecule has 0 aliphatic carbocycles. The van der Waals surface area contributed by atoms with Crippen molar-refractivity contribution in [2.75, 3.05) is 5.75 Å². The number of allylic oxidation sites excluding steroid dienone is 2. The zero-order valence-electron chi connectivity index (χ0n) is 32.9. The minimum atomic E-state index is -4.40. The number of rotatable bonds is 39. The summed E-state index contributed by atoms with van der Waals surface area (Å²) >= 11 is 0. The van der Waals surface area contributed by atoms with Gasteiger partial charge in [-0.3, -0.25) is 9.35 Å². The van der Waals surface area contributed by atoms with Gasteiger partial charge in [-0.25, -0.2) is 0 Å². The van der Waals surface area contributed by atoms with Crippen molar-refractivity contribution in [3.63, 3.8) is 0 Å². The lowest BCUT2D eigenvalue weighted by atomic mass is 10.0. The highest BCUT2D eigenvalue weighted by Gasteiger charge is 2.28. The number of amides is 1. The minimum Gasteiger partial charge on any atom is -0.391 e. The van der Waals surface area contributed by atoms with E-state index < -0.39 is 40.0 Å². The van der Waals surface area contributed by atoms with Crippen LogP contribution in [0.25, 0.3) is 0 Å². The van der Waals surface area contributed by atoms with E-state index in [1.54, 1.807) is 0 Å². The predicted molar refractivity (Wildman–Crippen MR) is 213 cm³/mol. The van der Waals surface area contributed by atoms with Crippen LogP contribution in [0.15, 0.2) is 12.2 Å². The molecule has 0 aliphatic rings. The van der Waals surface area contributed by atoms with Gasteiger partial charge < -0.3 is 15.5 Å². The van der Waals surface area contributed by atoms with Crippen molar-refractivity contribution in [1.82, 2.24) is 5.32 Å². The molecule has 1 amide bonds. The van der Waals surface area contributed by atoms with E-state index in [2.05, 4.69) is 31.3 Å². The van der Waals surface area contributed by atoms with E-state index in [9.17, 15) is 28.0 Å². The Kier molecular flexibility index (Phi) is 35.7. The second-order valence-corrected chi connectivity index (χ2v) is 16.6.